The number of nitrogens with two attached hydrogens (primary N) is 1. The highest BCUT2D eigenvalue weighted by Crippen LogP contribution is 2.28. The molecule has 3 nitrogen and oxygen atoms in total. The van der Waals surface area contributed by atoms with Gasteiger partial charge in [-0.1, -0.05) is 55.8 Å². The van der Waals surface area contributed by atoms with Crippen molar-refractivity contribution in [2.45, 2.75) is 19.9 Å². The first kappa shape index (κ1) is 15.4. The van der Waals surface area contributed by atoms with Crippen LogP contribution in [0.25, 0.3) is 0 Å². The Morgan fingerprint density at radius 2 is 1.81 bits per heavy atom. The van der Waals surface area contributed by atoms with E-state index >= 15 is 0 Å². The molecule has 0 fully saturated rings. The molecule has 0 aliphatic rings. The van der Waals surface area contributed by atoms with Crippen LogP contribution < -0.4 is 11.1 Å². The predicted molar refractivity (Wildman–Crippen MR) is 87.6 cm³/mol. The highest BCUT2D eigenvalue weighted by atomic mass is 35.5. The van der Waals surface area contributed by atoms with Crippen LogP contribution in [0.1, 0.15) is 35.8 Å². The normalized spacial score (nSPS) is 12.2. The summed E-state index contributed by atoms with van der Waals surface area (Å²) in [5.41, 5.74) is 7.68. The number of amides is 1. The number of benzene rings is 2. The third kappa shape index (κ3) is 3.76. The van der Waals surface area contributed by atoms with Crippen molar-refractivity contribution in [3.8, 4) is 0 Å². The Labute approximate surface area is 130 Å². The summed E-state index contributed by atoms with van der Waals surface area (Å²) in [6.45, 7) is 4.31. The molecule has 21 heavy (non-hydrogen) atoms. The van der Waals surface area contributed by atoms with Crippen molar-refractivity contribution < 1.29 is 4.79 Å². The fourth-order valence-electron chi connectivity index (χ4n) is 2.28. The third-order valence-electron chi connectivity index (χ3n) is 3.38. The topological polar surface area (TPSA) is 55.1 Å². The van der Waals surface area contributed by atoms with E-state index in [9.17, 15) is 4.79 Å². The molecule has 0 spiro atoms. The Hall–Kier alpha value is -2.00. The van der Waals surface area contributed by atoms with Crippen LogP contribution in [-0.4, -0.2) is 5.91 Å². The number of carbonyl (C=O) groups is 1. The van der Waals surface area contributed by atoms with E-state index < -0.39 is 5.91 Å². The molecule has 0 aromatic heterocycles. The quantitative estimate of drug-likeness (QED) is 0.867. The van der Waals surface area contributed by atoms with Crippen LogP contribution in [0.5, 0.6) is 0 Å². The van der Waals surface area contributed by atoms with E-state index in [4.69, 9.17) is 17.3 Å². The number of nitrogens with one attached hydrogen (secondary N) is 1. The lowest BCUT2D eigenvalue weighted by molar-refractivity contribution is 0.100. The van der Waals surface area contributed by atoms with Crippen molar-refractivity contribution in [3.05, 3.63) is 64.7 Å². The monoisotopic (exact) mass is 302 g/mol. The Morgan fingerprint density at radius 3 is 2.33 bits per heavy atom. The maximum absolute atomic E-state index is 11.2. The number of rotatable bonds is 5. The fraction of sp³-hybridized carbons (Fsp3) is 0.235. The predicted octanol–water partition coefficient (Wildman–Crippen LogP) is 4.25. The van der Waals surface area contributed by atoms with Gasteiger partial charge in [-0.25, -0.2) is 0 Å². The average molecular weight is 303 g/mol. The van der Waals surface area contributed by atoms with Crippen LogP contribution in [0.3, 0.4) is 0 Å². The summed E-state index contributed by atoms with van der Waals surface area (Å²) in [5.74, 6) is -0.114. The lowest BCUT2D eigenvalue weighted by Gasteiger charge is -2.24. The van der Waals surface area contributed by atoms with Gasteiger partial charge in [0.1, 0.15) is 0 Å². The molecule has 0 saturated heterocycles. The molecule has 2 rings (SSSR count). The molecule has 0 saturated carbocycles. The largest absolute Gasteiger partial charge is 0.378 e. The van der Waals surface area contributed by atoms with Gasteiger partial charge in [0.05, 0.1) is 16.6 Å². The molecule has 0 aliphatic carbocycles. The van der Waals surface area contributed by atoms with Crippen LogP contribution in [-0.2, 0) is 0 Å². The SMILES string of the molecule is CC(C)C(Nc1ccc(C(N)=O)c(Cl)c1)c1ccccc1. The van der Waals surface area contributed by atoms with E-state index in [0.717, 1.165) is 5.69 Å². The van der Waals surface area contributed by atoms with Gasteiger partial charge in [-0.15, -0.1) is 0 Å². The second-order valence-corrected chi connectivity index (χ2v) is 5.74. The molecule has 0 aliphatic heterocycles. The van der Waals surface area contributed by atoms with Gasteiger partial charge in [-0.3, -0.25) is 4.79 Å². The molecule has 0 heterocycles. The summed E-state index contributed by atoms with van der Waals surface area (Å²) >= 11 is 6.09. The molecule has 0 radical (unpaired) electrons. The first-order valence-electron chi connectivity index (χ1n) is 6.90. The standard InChI is InChI=1S/C17H19ClN2O/c1-11(2)16(12-6-4-3-5-7-12)20-13-8-9-14(17(19)21)15(18)10-13/h3-11,16,20H,1-2H3,(H2,19,21). The van der Waals surface area contributed by atoms with Gasteiger partial charge in [0.2, 0.25) is 5.91 Å². The molecule has 110 valence electrons. The highest BCUT2D eigenvalue weighted by molar-refractivity contribution is 6.34. The number of halogens is 1. The molecule has 2 aromatic rings. The summed E-state index contributed by atoms with van der Waals surface area (Å²) in [5, 5.41) is 3.83. The Balaban J connectivity index is 2.26. The third-order valence-corrected chi connectivity index (χ3v) is 3.69. The van der Waals surface area contributed by atoms with Crippen LogP contribution in [0.4, 0.5) is 5.69 Å². The zero-order chi connectivity index (χ0) is 15.4. The van der Waals surface area contributed by atoms with Crippen LogP contribution in [0, 0.1) is 5.92 Å². The van der Waals surface area contributed by atoms with Gasteiger partial charge < -0.3 is 11.1 Å². The summed E-state index contributed by atoms with van der Waals surface area (Å²) < 4.78 is 0. The molecule has 0 bridgehead atoms. The summed E-state index contributed by atoms with van der Waals surface area (Å²) in [6.07, 6.45) is 0. The molecular weight excluding hydrogens is 284 g/mol. The zero-order valence-corrected chi connectivity index (χ0v) is 12.9. The van der Waals surface area contributed by atoms with Crippen molar-refractivity contribution in [2.24, 2.45) is 11.7 Å². The lowest BCUT2D eigenvalue weighted by atomic mass is 9.95. The Kier molecular flexibility index (Phi) is 4.86. The molecule has 1 unspecified atom stereocenters. The first-order chi connectivity index (χ1) is 9.99. The maximum Gasteiger partial charge on any atom is 0.250 e. The number of primary amides is 1. The minimum Gasteiger partial charge on any atom is -0.378 e. The maximum atomic E-state index is 11.2. The van der Waals surface area contributed by atoms with Crippen molar-refractivity contribution in [1.29, 1.82) is 0 Å². The van der Waals surface area contributed by atoms with E-state index in [1.54, 1.807) is 12.1 Å². The zero-order valence-electron chi connectivity index (χ0n) is 12.1. The van der Waals surface area contributed by atoms with Crippen molar-refractivity contribution in [2.75, 3.05) is 5.32 Å². The second-order valence-electron chi connectivity index (χ2n) is 5.34. The van der Waals surface area contributed by atoms with Gasteiger partial charge in [0.15, 0.2) is 0 Å². The van der Waals surface area contributed by atoms with Crippen molar-refractivity contribution in [1.82, 2.24) is 0 Å². The van der Waals surface area contributed by atoms with Crippen molar-refractivity contribution in [3.63, 3.8) is 0 Å². The van der Waals surface area contributed by atoms with Gasteiger partial charge in [-0.05, 0) is 29.7 Å². The molecule has 4 heteroatoms. The Morgan fingerprint density at radius 1 is 1.14 bits per heavy atom. The van der Waals surface area contributed by atoms with E-state index in [1.807, 2.05) is 24.3 Å². The first-order valence-corrected chi connectivity index (χ1v) is 7.27. The number of carbonyl (C=O) groups excluding carboxylic acids is 1. The van der Waals surface area contributed by atoms with Crippen LogP contribution >= 0.6 is 11.6 Å². The molecular formula is C17H19ClN2O. The Bertz CT molecular complexity index is 626. The minimum atomic E-state index is -0.519. The second kappa shape index (κ2) is 6.64. The van der Waals surface area contributed by atoms with Crippen molar-refractivity contribution >= 4 is 23.2 Å². The summed E-state index contributed by atoms with van der Waals surface area (Å²) in [6, 6.07) is 15.6. The van der Waals surface area contributed by atoms with Crippen LogP contribution in [0.2, 0.25) is 5.02 Å². The van der Waals surface area contributed by atoms with Crippen LogP contribution in [0.15, 0.2) is 48.5 Å². The summed E-state index contributed by atoms with van der Waals surface area (Å²) in [4.78, 5) is 11.2. The summed E-state index contributed by atoms with van der Waals surface area (Å²) in [7, 11) is 0. The van der Waals surface area contributed by atoms with E-state index in [-0.39, 0.29) is 6.04 Å². The number of anilines is 1. The van der Waals surface area contributed by atoms with E-state index in [1.165, 1.54) is 5.56 Å². The lowest BCUT2D eigenvalue weighted by Crippen LogP contribution is -2.17. The van der Waals surface area contributed by atoms with Gasteiger partial charge in [0.25, 0.3) is 0 Å². The fourth-order valence-corrected chi connectivity index (χ4v) is 2.55. The molecule has 1 atom stereocenters. The number of hydrogen-bond donors (Lipinski definition) is 2. The average Bonchev–Trinajstić information content (AvgIpc) is 2.45. The van der Waals surface area contributed by atoms with E-state index in [2.05, 4.69) is 31.3 Å². The number of hydrogen-bond acceptors (Lipinski definition) is 2. The molecule has 2 aromatic carbocycles. The van der Waals surface area contributed by atoms with E-state index in [0.29, 0.717) is 16.5 Å². The molecule has 3 N–H and O–H groups in total. The highest BCUT2D eigenvalue weighted by Gasteiger charge is 2.16. The van der Waals surface area contributed by atoms with Gasteiger partial charge >= 0.3 is 0 Å². The smallest absolute Gasteiger partial charge is 0.250 e. The van der Waals surface area contributed by atoms with Gasteiger partial charge in [-0.2, -0.15) is 0 Å². The minimum absolute atomic E-state index is 0.168. The molecule has 1 amide bonds. The van der Waals surface area contributed by atoms with Gasteiger partial charge in [0, 0.05) is 5.69 Å².